The number of aliphatic hydroxyl groups excluding tert-OH is 1. The van der Waals surface area contributed by atoms with Crippen LogP contribution in [0.15, 0.2) is 30.3 Å². The maximum atomic E-state index is 11.9. The molecule has 2 atom stereocenters. The van der Waals surface area contributed by atoms with Crippen LogP contribution in [0.4, 0.5) is 4.79 Å². The number of ether oxygens (including phenoxy) is 3. The van der Waals surface area contributed by atoms with Crippen LogP contribution in [0.1, 0.15) is 18.4 Å². The van der Waals surface area contributed by atoms with Crippen LogP contribution in [-0.4, -0.2) is 53.9 Å². The van der Waals surface area contributed by atoms with E-state index in [9.17, 15) is 14.7 Å². The van der Waals surface area contributed by atoms with E-state index in [1.807, 2.05) is 30.3 Å². The number of carboxylic acids is 1. The molecule has 0 saturated carbocycles. The first-order valence-corrected chi connectivity index (χ1v) is 7.65. The van der Waals surface area contributed by atoms with Gasteiger partial charge in [-0.1, -0.05) is 30.3 Å². The number of carbonyl (C=O) groups excluding carboxylic acids is 1. The minimum Gasteiger partial charge on any atom is -0.481 e. The van der Waals surface area contributed by atoms with Crippen LogP contribution in [0.5, 0.6) is 0 Å². The lowest BCUT2D eigenvalue weighted by Crippen LogP contribution is -2.46. The second kappa shape index (κ2) is 9.21. The van der Waals surface area contributed by atoms with Crippen LogP contribution in [-0.2, 0) is 25.6 Å². The fourth-order valence-corrected chi connectivity index (χ4v) is 2.34. The highest BCUT2D eigenvalue weighted by atomic mass is 16.7. The Hall–Kier alpha value is -2.16. The lowest BCUT2D eigenvalue weighted by Gasteiger charge is -2.24. The van der Waals surface area contributed by atoms with Crippen LogP contribution >= 0.6 is 0 Å². The summed E-state index contributed by atoms with van der Waals surface area (Å²) in [5.74, 6) is -1.12. The van der Waals surface area contributed by atoms with Crippen LogP contribution in [0.2, 0.25) is 0 Å². The zero-order valence-corrected chi connectivity index (χ0v) is 13.1. The van der Waals surface area contributed by atoms with Crippen molar-refractivity contribution in [3.8, 4) is 0 Å². The molecular weight excluding hydrogens is 318 g/mol. The maximum Gasteiger partial charge on any atom is 0.407 e. The first-order valence-electron chi connectivity index (χ1n) is 7.65. The summed E-state index contributed by atoms with van der Waals surface area (Å²) >= 11 is 0. The van der Waals surface area contributed by atoms with Crippen molar-refractivity contribution in [2.75, 3.05) is 13.2 Å². The van der Waals surface area contributed by atoms with Crippen LogP contribution in [0, 0.1) is 0 Å². The summed E-state index contributed by atoms with van der Waals surface area (Å²) in [6, 6.07) is 8.47. The molecule has 0 aliphatic carbocycles. The van der Waals surface area contributed by atoms with Gasteiger partial charge in [0.2, 0.25) is 0 Å². The summed E-state index contributed by atoms with van der Waals surface area (Å²) < 4.78 is 15.8. The molecular formula is C16H21NO7. The summed E-state index contributed by atoms with van der Waals surface area (Å²) in [5.41, 5.74) is 0.837. The smallest absolute Gasteiger partial charge is 0.407 e. The van der Waals surface area contributed by atoms with Gasteiger partial charge in [-0.2, -0.15) is 0 Å². The molecule has 132 valence electrons. The molecule has 0 aromatic heterocycles. The average molecular weight is 339 g/mol. The van der Waals surface area contributed by atoms with E-state index >= 15 is 0 Å². The number of alkyl carbamates (subject to hydrolysis) is 1. The van der Waals surface area contributed by atoms with Gasteiger partial charge in [0.15, 0.2) is 6.29 Å². The molecule has 1 amide bonds. The fraction of sp³-hybridized carbons (Fsp3) is 0.500. The van der Waals surface area contributed by atoms with Crippen molar-refractivity contribution >= 4 is 12.1 Å². The van der Waals surface area contributed by atoms with E-state index in [0.717, 1.165) is 5.56 Å². The SMILES string of the molecule is O=C(O)CC(O)CC(NC(=O)OCc1ccccc1)C1OCCO1. The Kier molecular flexibility index (Phi) is 6.98. The third-order valence-corrected chi connectivity index (χ3v) is 3.43. The average Bonchev–Trinajstić information content (AvgIpc) is 3.07. The van der Waals surface area contributed by atoms with Gasteiger partial charge < -0.3 is 29.7 Å². The molecule has 1 saturated heterocycles. The summed E-state index contributed by atoms with van der Waals surface area (Å²) in [7, 11) is 0. The molecule has 0 radical (unpaired) electrons. The maximum absolute atomic E-state index is 11.9. The third-order valence-electron chi connectivity index (χ3n) is 3.43. The molecule has 2 rings (SSSR count). The number of nitrogens with one attached hydrogen (secondary N) is 1. The van der Waals surface area contributed by atoms with Crippen molar-refractivity contribution in [1.29, 1.82) is 0 Å². The van der Waals surface area contributed by atoms with Crippen molar-refractivity contribution in [3.05, 3.63) is 35.9 Å². The molecule has 24 heavy (non-hydrogen) atoms. The van der Waals surface area contributed by atoms with Crippen molar-refractivity contribution in [2.45, 2.75) is 37.9 Å². The Labute approximate surface area is 139 Å². The molecule has 1 heterocycles. The van der Waals surface area contributed by atoms with Gasteiger partial charge in [0.05, 0.1) is 31.8 Å². The van der Waals surface area contributed by atoms with Crippen LogP contribution in [0.25, 0.3) is 0 Å². The second-order valence-electron chi connectivity index (χ2n) is 5.41. The second-order valence-corrected chi connectivity index (χ2v) is 5.41. The molecule has 0 spiro atoms. The van der Waals surface area contributed by atoms with Crippen molar-refractivity contribution < 1.29 is 34.0 Å². The Balaban J connectivity index is 1.86. The van der Waals surface area contributed by atoms with Crippen molar-refractivity contribution in [2.24, 2.45) is 0 Å². The number of hydrogen-bond donors (Lipinski definition) is 3. The van der Waals surface area contributed by atoms with E-state index in [1.165, 1.54) is 0 Å². The number of rotatable bonds is 8. The number of benzene rings is 1. The molecule has 8 heteroatoms. The normalized spacial score (nSPS) is 17.2. The molecule has 1 aromatic rings. The Morgan fingerprint density at radius 2 is 1.92 bits per heavy atom. The summed E-state index contributed by atoms with van der Waals surface area (Å²) in [6.45, 7) is 0.845. The van der Waals surface area contributed by atoms with E-state index in [2.05, 4.69) is 5.32 Å². The van der Waals surface area contributed by atoms with Gasteiger partial charge in [0.1, 0.15) is 6.61 Å². The molecule has 3 N–H and O–H groups in total. The van der Waals surface area contributed by atoms with E-state index < -0.39 is 36.9 Å². The number of hydrogen-bond acceptors (Lipinski definition) is 6. The highest BCUT2D eigenvalue weighted by Crippen LogP contribution is 2.15. The number of aliphatic carboxylic acids is 1. The lowest BCUT2D eigenvalue weighted by atomic mass is 10.1. The van der Waals surface area contributed by atoms with E-state index in [-0.39, 0.29) is 13.0 Å². The molecule has 1 aromatic carbocycles. The van der Waals surface area contributed by atoms with E-state index in [0.29, 0.717) is 13.2 Å². The minimum atomic E-state index is -1.13. The largest absolute Gasteiger partial charge is 0.481 e. The topological polar surface area (TPSA) is 114 Å². The Bertz CT molecular complexity index is 530. The number of carbonyl (C=O) groups is 2. The first kappa shape index (κ1) is 18.2. The summed E-state index contributed by atoms with van der Waals surface area (Å²) in [6.07, 6.45) is -3.00. The third kappa shape index (κ3) is 6.15. The molecule has 0 bridgehead atoms. The molecule has 1 aliphatic heterocycles. The van der Waals surface area contributed by atoms with E-state index in [4.69, 9.17) is 19.3 Å². The van der Waals surface area contributed by atoms with Crippen molar-refractivity contribution in [3.63, 3.8) is 0 Å². The molecule has 2 unspecified atom stereocenters. The van der Waals surface area contributed by atoms with Gasteiger partial charge in [-0.05, 0) is 12.0 Å². The highest BCUT2D eigenvalue weighted by Gasteiger charge is 2.31. The van der Waals surface area contributed by atoms with Gasteiger partial charge in [0, 0.05) is 0 Å². The zero-order valence-electron chi connectivity index (χ0n) is 13.1. The number of amides is 1. The quantitative estimate of drug-likeness (QED) is 0.644. The minimum absolute atomic E-state index is 0.0165. The highest BCUT2D eigenvalue weighted by molar-refractivity contribution is 5.68. The van der Waals surface area contributed by atoms with E-state index in [1.54, 1.807) is 0 Å². The fourth-order valence-electron chi connectivity index (χ4n) is 2.34. The monoisotopic (exact) mass is 339 g/mol. The van der Waals surface area contributed by atoms with Crippen LogP contribution in [0.3, 0.4) is 0 Å². The predicted molar refractivity (Wildman–Crippen MR) is 82.1 cm³/mol. The summed E-state index contributed by atoms with van der Waals surface area (Å²) in [4.78, 5) is 22.6. The van der Waals surface area contributed by atoms with Gasteiger partial charge >= 0.3 is 12.1 Å². The zero-order chi connectivity index (χ0) is 17.4. The predicted octanol–water partition coefficient (Wildman–Crippen LogP) is 0.880. The van der Waals surface area contributed by atoms with Crippen LogP contribution < -0.4 is 5.32 Å². The standard InChI is InChI=1S/C16H21NO7/c18-12(9-14(19)20)8-13(15-22-6-7-23-15)17-16(21)24-10-11-4-2-1-3-5-11/h1-5,12-13,15,18H,6-10H2,(H,17,21)(H,19,20). The Morgan fingerprint density at radius 3 is 2.54 bits per heavy atom. The van der Waals surface area contributed by atoms with Gasteiger partial charge in [0.25, 0.3) is 0 Å². The first-order chi connectivity index (χ1) is 11.5. The number of aliphatic hydroxyl groups is 1. The van der Waals surface area contributed by atoms with Gasteiger partial charge in [-0.25, -0.2) is 4.79 Å². The lowest BCUT2D eigenvalue weighted by molar-refractivity contribution is -0.139. The van der Waals surface area contributed by atoms with Gasteiger partial charge in [-0.15, -0.1) is 0 Å². The molecule has 1 aliphatic rings. The Morgan fingerprint density at radius 1 is 1.25 bits per heavy atom. The number of carboxylic acid groups (broad SMARTS) is 1. The molecule has 8 nitrogen and oxygen atoms in total. The van der Waals surface area contributed by atoms with Crippen molar-refractivity contribution in [1.82, 2.24) is 5.32 Å². The molecule has 1 fully saturated rings. The summed E-state index contributed by atoms with van der Waals surface area (Å²) in [5, 5.41) is 21.1. The van der Waals surface area contributed by atoms with Gasteiger partial charge in [-0.3, -0.25) is 4.79 Å².